The average molecular weight is 265 g/mol. The number of methoxy groups -OCH3 is 1. The van der Waals surface area contributed by atoms with E-state index < -0.39 is 5.97 Å². The molecule has 0 aromatic carbocycles. The Labute approximate surface area is 112 Å². The van der Waals surface area contributed by atoms with Crippen LogP contribution in [0, 0.1) is 0 Å². The van der Waals surface area contributed by atoms with Gasteiger partial charge in [-0.25, -0.2) is 14.8 Å². The van der Waals surface area contributed by atoms with Crippen molar-refractivity contribution in [2.24, 2.45) is 0 Å². The second-order valence-electron chi connectivity index (χ2n) is 4.73. The van der Waals surface area contributed by atoms with E-state index in [0.29, 0.717) is 5.82 Å². The van der Waals surface area contributed by atoms with Crippen LogP contribution >= 0.6 is 0 Å². The van der Waals surface area contributed by atoms with Crippen LogP contribution in [0.4, 0.5) is 5.82 Å². The number of ether oxygens (including phenoxy) is 1. The maximum atomic E-state index is 11.2. The lowest BCUT2D eigenvalue weighted by Crippen LogP contribution is -2.32. The van der Waals surface area contributed by atoms with E-state index in [1.807, 2.05) is 0 Å². The van der Waals surface area contributed by atoms with E-state index in [1.54, 1.807) is 0 Å². The molecule has 19 heavy (non-hydrogen) atoms. The summed E-state index contributed by atoms with van der Waals surface area (Å²) >= 11 is 0. The Kier molecular flexibility index (Phi) is 4.68. The molecule has 1 fully saturated rings. The minimum absolute atomic E-state index is 0.000719. The average Bonchev–Trinajstić information content (AvgIpc) is 2.64. The Morgan fingerprint density at radius 3 is 2.79 bits per heavy atom. The molecule has 0 spiro atoms. The van der Waals surface area contributed by atoms with Crippen molar-refractivity contribution < 1.29 is 14.6 Å². The summed E-state index contributed by atoms with van der Waals surface area (Å²) in [5.74, 6) is 0.0622. The molecule has 0 saturated heterocycles. The molecule has 2 unspecified atom stereocenters. The van der Waals surface area contributed by atoms with Gasteiger partial charge in [0, 0.05) is 0 Å². The van der Waals surface area contributed by atoms with E-state index in [4.69, 9.17) is 0 Å². The van der Waals surface area contributed by atoms with Crippen molar-refractivity contribution in [3.05, 3.63) is 18.1 Å². The minimum Gasteiger partial charge on any atom is -0.464 e. The molecule has 1 heterocycles. The Morgan fingerprint density at radius 2 is 2.11 bits per heavy atom. The number of aromatic nitrogens is 2. The summed E-state index contributed by atoms with van der Waals surface area (Å²) in [6, 6.07) is 0.000719. The molecule has 1 aliphatic rings. The van der Waals surface area contributed by atoms with Gasteiger partial charge >= 0.3 is 5.97 Å². The zero-order chi connectivity index (χ0) is 13.7. The van der Waals surface area contributed by atoms with Crippen molar-refractivity contribution in [3.63, 3.8) is 0 Å². The molecule has 0 bridgehead atoms. The first kappa shape index (κ1) is 13.7. The highest BCUT2D eigenvalue weighted by Gasteiger charge is 2.21. The highest BCUT2D eigenvalue weighted by Crippen LogP contribution is 2.20. The Bertz CT molecular complexity index is 422. The fourth-order valence-corrected chi connectivity index (χ4v) is 2.26. The van der Waals surface area contributed by atoms with Crippen LogP contribution in [0.1, 0.15) is 42.6 Å². The van der Waals surface area contributed by atoms with E-state index in [1.165, 1.54) is 19.5 Å². The van der Waals surface area contributed by atoms with Crippen molar-refractivity contribution in [1.82, 2.24) is 9.97 Å². The van der Waals surface area contributed by atoms with Crippen molar-refractivity contribution >= 4 is 11.8 Å². The Morgan fingerprint density at radius 1 is 1.32 bits per heavy atom. The Hall–Kier alpha value is -1.69. The number of carbonyl (C=O) groups excluding carboxylic acids is 1. The second-order valence-corrected chi connectivity index (χ2v) is 4.73. The van der Waals surface area contributed by atoms with Crippen molar-refractivity contribution in [3.8, 4) is 0 Å². The van der Waals surface area contributed by atoms with Crippen LogP contribution < -0.4 is 5.32 Å². The van der Waals surface area contributed by atoms with Gasteiger partial charge in [0.05, 0.1) is 31.6 Å². The number of esters is 1. The highest BCUT2D eigenvalue weighted by molar-refractivity contribution is 5.86. The van der Waals surface area contributed by atoms with E-state index in [0.717, 1.165) is 32.1 Å². The number of nitrogens with one attached hydrogen (secondary N) is 1. The topological polar surface area (TPSA) is 84.3 Å². The van der Waals surface area contributed by atoms with Gasteiger partial charge in [0.1, 0.15) is 5.82 Å². The summed E-state index contributed by atoms with van der Waals surface area (Å²) in [6.07, 6.45) is 7.55. The number of hydrogen-bond acceptors (Lipinski definition) is 6. The van der Waals surface area contributed by atoms with Gasteiger partial charge in [0.15, 0.2) is 5.69 Å². The summed E-state index contributed by atoms with van der Waals surface area (Å²) in [5, 5.41) is 13.2. The molecule has 2 atom stereocenters. The summed E-state index contributed by atoms with van der Waals surface area (Å²) in [4.78, 5) is 19.3. The van der Waals surface area contributed by atoms with Gasteiger partial charge < -0.3 is 15.2 Å². The van der Waals surface area contributed by atoms with Crippen LogP contribution in [0.3, 0.4) is 0 Å². The number of carbonyl (C=O) groups is 1. The normalized spacial score (nSPS) is 23.5. The molecule has 0 radical (unpaired) electrons. The SMILES string of the molecule is COC(=O)c1cnc(NC2CCCCCC2O)cn1. The van der Waals surface area contributed by atoms with Gasteiger partial charge in [-0.1, -0.05) is 19.3 Å². The summed E-state index contributed by atoms with van der Waals surface area (Å²) in [5.41, 5.74) is 0.175. The number of aliphatic hydroxyl groups is 1. The molecule has 2 rings (SSSR count). The lowest BCUT2D eigenvalue weighted by atomic mass is 10.1. The van der Waals surface area contributed by atoms with Crippen LogP contribution in [0.25, 0.3) is 0 Å². The standard InChI is InChI=1S/C13H19N3O3/c1-19-13(18)10-7-15-12(8-14-10)16-9-5-3-2-4-6-11(9)17/h7-9,11,17H,2-6H2,1H3,(H,15,16). The molecular formula is C13H19N3O3. The molecule has 0 amide bonds. The van der Waals surface area contributed by atoms with Gasteiger partial charge in [-0.2, -0.15) is 0 Å². The van der Waals surface area contributed by atoms with Crippen LogP contribution in [-0.4, -0.2) is 40.3 Å². The highest BCUT2D eigenvalue weighted by atomic mass is 16.5. The van der Waals surface area contributed by atoms with Crippen molar-refractivity contribution in [1.29, 1.82) is 0 Å². The number of aliphatic hydroxyl groups excluding tert-OH is 1. The van der Waals surface area contributed by atoms with Crippen LogP contribution in [0.5, 0.6) is 0 Å². The minimum atomic E-state index is -0.506. The number of nitrogens with zero attached hydrogens (tertiary/aromatic N) is 2. The van der Waals surface area contributed by atoms with E-state index in [9.17, 15) is 9.90 Å². The van der Waals surface area contributed by atoms with Crippen molar-refractivity contribution in [2.75, 3.05) is 12.4 Å². The van der Waals surface area contributed by atoms with Gasteiger partial charge in [-0.05, 0) is 12.8 Å². The van der Waals surface area contributed by atoms with Crippen LogP contribution in [0.2, 0.25) is 0 Å². The largest absolute Gasteiger partial charge is 0.464 e. The molecule has 1 saturated carbocycles. The molecule has 0 aliphatic heterocycles. The smallest absolute Gasteiger partial charge is 0.358 e. The predicted molar refractivity (Wildman–Crippen MR) is 69.9 cm³/mol. The zero-order valence-electron chi connectivity index (χ0n) is 11.0. The first-order valence-electron chi connectivity index (χ1n) is 6.55. The zero-order valence-corrected chi connectivity index (χ0v) is 11.0. The van der Waals surface area contributed by atoms with Crippen LogP contribution in [-0.2, 0) is 4.74 Å². The maximum Gasteiger partial charge on any atom is 0.358 e. The first-order chi connectivity index (χ1) is 9.20. The predicted octanol–water partition coefficient (Wildman–Crippen LogP) is 1.37. The summed E-state index contributed by atoms with van der Waals surface area (Å²) in [7, 11) is 1.30. The number of anilines is 1. The van der Waals surface area contributed by atoms with E-state index in [2.05, 4.69) is 20.0 Å². The molecule has 6 nitrogen and oxygen atoms in total. The van der Waals surface area contributed by atoms with Crippen molar-refractivity contribution in [2.45, 2.75) is 44.2 Å². The molecule has 2 N–H and O–H groups in total. The first-order valence-corrected chi connectivity index (χ1v) is 6.55. The van der Waals surface area contributed by atoms with Gasteiger partial charge in [-0.3, -0.25) is 0 Å². The van der Waals surface area contributed by atoms with Gasteiger partial charge in [0.25, 0.3) is 0 Å². The Balaban J connectivity index is 2.00. The molecule has 1 aromatic heterocycles. The quantitative estimate of drug-likeness (QED) is 0.634. The third-order valence-corrected chi connectivity index (χ3v) is 3.36. The number of rotatable bonds is 3. The molecule has 6 heteroatoms. The fourth-order valence-electron chi connectivity index (χ4n) is 2.26. The molecule has 104 valence electrons. The lowest BCUT2D eigenvalue weighted by Gasteiger charge is -2.22. The second kappa shape index (κ2) is 6.47. The van der Waals surface area contributed by atoms with E-state index in [-0.39, 0.29) is 17.8 Å². The fraction of sp³-hybridized carbons (Fsp3) is 0.615. The third-order valence-electron chi connectivity index (χ3n) is 3.36. The summed E-state index contributed by atoms with van der Waals surface area (Å²) in [6.45, 7) is 0. The number of hydrogen-bond donors (Lipinski definition) is 2. The third kappa shape index (κ3) is 3.64. The van der Waals surface area contributed by atoms with E-state index >= 15 is 0 Å². The monoisotopic (exact) mass is 265 g/mol. The maximum absolute atomic E-state index is 11.2. The molecular weight excluding hydrogens is 246 g/mol. The molecule has 1 aliphatic carbocycles. The summed E-state index contributed by atoms with van der Waals surface area (Å²) < 4.78 is 4.56. The molecule has 1 aromatic rings. The van der Waals surface area contributed by atoms with Crippen LogP contribution in [0.15, 0.2) is 12.4 Å². The lowest BCUT2D eigenvalue weighted by molar-refractivity contribution is 0.0593. The van der Waals surface area contributed by atoms with Gasteiger partial charge in [0.2, 0.25) is 0 Å². The van der Waals surface area contributed by atoms with Gasteiger partial charge in [-0.15, -0.1) is 0 Å².